The number of nitriles is 1. The van der Waals surface area contributed by atoms with Gasteiger partial charge in [0.1, 0.15) is 11.9 Å². The zero-order chi connectivity index (χ0) is 13.8. The highest BCUT2D eigenvalue weighted by Gasteiger charge is 2.25. The quantitative estimate of drug-likeness (QED) is 0.804. The van der Waals surface area contributed by atoms with Gasteiger partial charge < -0.3 is 9.80 Å². The Hall–Kier alpha value is -2.09. The Balaban J connectivity index is 2.04. The molecule has 1 saturated heterocycles. The first-order valence-electron chi connectivity index (χ1n) is 6.47. The number of carbonyl (C=O) groups is 1. The standard InChI is InChI=1S/C14H18N4O/c1-11(19)17(2)13-5-8-18(9-6-13)14-12(10-15)4-3-7-16-14/h3-4,7,13H,5-6,8-9H2,1-2H3. The number of pyridine rings is 1. The van der Waals surface area contributed by atoms with Crippen LogP contribution in [0.2, 0.25) is 0 Å². The van der Waals surface area contributed by atoms with Crippen molar-refractivity contribution in [3.05, 3.63) is 23.9 Å². The van der Waals surface area contributed by atoms with Gasteiger partial charge in [-0.2, -0.15) is 5.26 Å². The Bertz CT molecular complexity index is 500. The number of amides is 1. The van der Waals surface area contributed by atoms with Crippen LogP contribution < -0.4 is 4.90 Å². The molecule has 5 nitrogen and oxygen atoms in total. The second-order valence-electron chi connectivity index (χ2n) is 4.83. The van der Waals surface area contributed by atoms with Crippen molar-refractivity contribution < 1.29 is 4.79 Å². The Morgan fingerprint density at radius 2 is 2.21 bits per heavy atom. The normalized spacial score (nSPS) is 15.9. The molecule has 0 radical (unpaired) electrons. The van der Waals surface area contributed by atoms with Gasteiger partial charge in [-0.1, -0.05) is 0 Å². The largest absolute Gasteiger partial charge is 0.355 e. The first kappa shape index (κ1) is 13.3. The maximum atomic E-state index is 11.4. The van der Waals surface area contributed by atoms with Gasteiger partial charge in [-0.05, 0) is 25.0 Å². The summed E-state index contributed by atoms with van der Waals surface area (Å²) in [6, 6.07) is 6.03. The maximum absolute atomic E-state index is 11.4. The zero-order valence-corrected chi connectivity index (χ0v) is 11.3. The Morgan fingerprint density at radius 1 is 1.53 bits per heavy atom. The molecular weight excluding hydrogens is 240 g/mol. The van der Waals surface area contributed by atoms with Crippen molar-refractivity contribution in [3.63, 3.8) is 0 Å². The number of hydrogen-bond donors (Lipinski definition) is 0. The van der Waals surface area contributed by atoms with E-state index in [2.05, 4.69) is 16.0 Å². The SMILES string of the molecule is CC(=O)N(C)C1CCN(c2ncccc2C#N)CC1. The summed E-state index contributed by atoms with van der Waals surface area (Å²) in [7, 11) is 1.85. The second-order valence-corrected chi connectivity index (χ2v) is 4.83. The third-order valence-electron chi connectivity index (χ3n) is 3.72. The van der Waals surface area contributed by atoms with Crippen LogP contribution in [0.25, 0.3) is 0 Å². The zero-order valence-electron chi connectivity index (χ0n) is 11.3. The van der Waals surface area contributed by atoms with E-state index < -0.39 is 0 Å². The van der Waals surface area contributed by atoms with E-state index in [1.807, 2.05) is 7.05 Å². The number of aromatic nitrogens is 1. The molecular formula is C14H18N4O. The van der Waals surface area contributed by atoms with Crippen LogP contribution in [-0.4, -0.2) is 42.0 Å². The second kappa shape index (κ2) is 5.70. The summed E-state index contributed by atoms with van der Waals surface area (Å²) in [5, 5.41) is 9.09. The lowest BCUT2D eigenvalue weighted by Gasteiger charge is -2.37. The Morgan fingerprint density at radius 3 is 2.79 bits per heavy atom. The lowest BCUT2D eigenvalue weighted by atomic mass is 10.0. The van der Waals surface area contributed by atoms with E-state index in [1.54, 1.807) is 30.2 Å². The summed E-state index contributed by atoms with van der Waals surface area (Å²) in [5.41, 5.74) is 0.612. The fourth-order valence-electron chi connectivity index (χ4n) is 2.46. The number of rotatable bonds is 2. The van der Waals surface area contributed by atoms with E-state index in [0.29, 0.717) is 11.6 Å². The van der Waals surface area contributed by atoms with E-state index in [4.69, 9.17) is 5.26 Å². The minimum absolute atomic E-state index is 0.106. The molecule has 0 atom stereocenters. The minimum atomic E-state index is 0.106. The number of nitrogens with zero attached hydrogens (tertiary/aromatic N) is 4. The van der Waals surface area contributed by atoms with E-state index >= 15 is 0 Å². The summed E-state index contributed by atoms with van der Waals surface area (Å²) >= 11 is 0. The van der Waals surface area contributed by atoms with Crippen LogP contribution in [0.15, 0.2) is 18.3 Å². The van der Waals surface area contributed by atoms with Crippen molar-refractivity contribution in [1.29, 1.82) is 5.26 Å². The van der Waals surface area contributed by atoms with Gasteiger partial charge in [-0.3, -0.25) is 4.79 Å². The van der Waals surface area contributed by atoms with Gasteiger partial charge in [0.05, 0.1) is 5.56 Å². The molecule has 1 aromatic heterocycles. The van der Waals surface area contributed by atoms with Crippen LogP contribution in [0, 0.1) is 11.3 Å². The topological polar surface area (TPSA) is 60.2 Å². The predicted octanol–water partition coefficient (Wildman–Crippen LogP) is 1.40. The smallest absolute Gasteiger partial charge is 0.219 e. The fraction of sp³-hybridized carbons (Fsp3) is 0.500. The molecule has 100 valence electrons. The molecule has 1 aliphatic heterocycles. The van der Waals surface area contributed by atoms with Crippen LogP contribution in [0.1, 0.15) is 25.3 Å². The van der Waals surface area contributed by atoms with Gasteiger partial charge in [0, 0.05) is 39.3 Å². The van der Waals surface area contributed by atoms with Crippen LogP contribution in [0.3, 0.4) is 0 Å². The van der Waals surface area contributed by atoms with Gasteiger partial charge in [-0.25, -0.2) is 4.98 Å². The van der Waals surface area contributed by atoms with Crippen molar-refractivity contribution in [2.24, 2.45) is 0 Å². The third kappa shape index (κ3) is 2.84. The molecule has 1 fully saturated rings. The summed E-state index contributed by atoms with van der Waals surface area (Å²) in [4.78, 5) is 19.6. The average molecular weight is 258 g/mol. The van der Waals surface area contributed by atoms with Crippen LogP contribution in [-0.2, 0) is 4.79 Å². The molecule has 2 heterocycles. The highest BCUT2D eigenvalue weighted by atomic mass is 16.2. The van der Waals surface area contributed by atoms with Gasteiger partial charge >= 0.3 is 0 Å². The van der Waals surface area contributed by atoms with Crippen LogP contribution in [0.4, 0.5) is 5.82 Å². The molecule has 1 aromatic rings. The maximum Gasteiger partial charge on any atom is 0.219 e. The molecule has 2 rings (SSSR count). The monoisotopic (exact) mass is 258 g/mol. The first-order valence-corrected chi connectivity index (χ1v) is 6.47. The summed E-state index contributed by atoms with van der Waals surface area (Å²) in [5.74, 6) is 0.864. The van der Waals surface area contributed by atoms with Crippen LogP contribution >= 0.6 is 0 Å². The van der Waals surface area contributed by atoms with Crippen molar-refractivity contribution in [3.8, 4) is 6.07 Å². The average Bonchev–Trinajstić information content (AvgIpc) is 2.46. The van der Waals surface area contributed by atoms with Gasteiger partial charge in [-0.15, -0.1) is 0 Å². The Kier molecular flexibility index (Phi) is 4.00. The van der Waals surface area contributed by atoms with Gasteiger partial charge in [0.2, 0.25) is 5.91 Å². The van der Waals surface area contributed by atoms with Gasteiger partial charge in [0.15, 0.2) is 0 Å². The molecule has 0 aliphatic carbocycles. The molecule has 1 amide bonds. The molecule has 0 aromatic carbocycles. The molecule has 0 bridgehead atoms. The highest BCUT2D eigenvalue weighted by Crippen LogP contribution is 2.22. The van der Waals surface area contributed by atoms with Gasteiger partial charge in [0.25, 0.3) is 0 Å². The number of carbonyl (C=O) groups excluding carboxylic acids is 1. The number of hydrogen-bond acceptors (Lipinski definition) is 4. The van der Waals surface area contributed by atoms with E-state index in [1.165, 1.54) is 0 Å². The van der Waals surface area contributed by atoms with E-state index in [-0.39, 0.29) is 5.91 Å². The first-order chi connectivity index (χ1) is 9.13. The minimum Gasteiger partial charge on any atom is -0.355 e. The van der Waals surface area contributed by atoms with Crippen molar-refractivity contribution >= 4 is 11.7 Å². The van der Waals surface area contributed by atoms with Crippen molar-refractivity contribution in [2.45, 2.75) is 25.8 Å². The molecule has 0 saturated carbocycles. The predicted molar refractivity (Wildman–Crippen MR) is 72.6 cm³/mol. The summed E-state index contributed by atoms with van der Waals surface area (Å²) in [6.07, 6.45) is 3.54. The molecule has 1 aliphatic rings. The highest BCUT2D eigenvalue weighted by molar-refractivity contribution is 5.73. The van der Waals surface area contributed by atoms with E-state index in [9.17, 15) is 4.79 Å². The van der Waals surface area contributed by atoms with Crippen molar-refractivity contribution in [1.82, 2.24) is 9.88 Å². The molecule has 0 N–H and O–H groups in total. The summed E-state index contributed by atoms with van der Waals surface area (Å²) < 4.78 is 0. The lowest BCUT2D eigenvalue weighted by molar-refractivity contribution is -0.129. The van der Waals surface area contributed by atoms with Crippen LogP contribution in [0.5, 0.6) is 0 Å². The summed E-state index contributed by atoms with van der Waals surface area (Å²) in [6.45, 7) is 3.25. The third-order valence-corrected chi connectivity index (χ3v) is 3.72. The molecule has 0 unspecified atom stereocenters. The van der Waals surface area contributed by atoms with Crippen molar-refractivity contribution in [2.75, 3.05) is 25.0 Å². The Labute approximate surface area is 113 Å². The fourth-order valence-corrected chi connectivity index (χ4v) is 2.46. The molecule has 0 spiro atoms. The molecule has 5 heteroatoms. The lowest BCUT2D eigenvalue weighted by Crippen LogP contribution is -2.45. The van der Waals surface area contributed by atoms with E-state index in [0.717, 1.165) is 31.7 Å². The number of piperidine rings is 1. The molecule has 19 heavy (non-hydrogen) atoms. The number of anilines is 1.